The number of ketones is 1. The molecule has 0 aromatic carbocycles. The largest absolute Gasteiger partial charge is 0.469 e. The number of epoxide rings is 1. The summed E-state index contributed by atoms with van der Waals surface area (Å²) >= 11 is 2.00. The van der Waals surface area contributed by atoms with E-state index >= 15 is 0 Å². The number of carbonyl (C=O) groups is 2. The summed E-state index contributed by atoms with van der Waals surface area (Å²) in [5.41, 5.74) is -0.855. The van der Waals surface area contributed by atoms with Crippen LogP contribution < -0.4 is 0 Å². The predicted molar refractivity (Wildman–Crippen MR) is 113 cm³/mol. The van der Waals surface area contributed by atoms with E-state index in [1.807, 2.05) is 34.7 Å². The number of alkyl halides is 1. The van der Waals surface area contributed by atoms with Crippen molar-refractivity contribution in [3.05, 3.63) is 36.0 Å². The maximum absolute atomic E-state index is 12.6. The lowest BCUT2D eigenvalue weighted by Gasteiger charge is -2.23. The Morgan fingerprint density at radius 3 is 2.70 bits per heavy atom. The van der Waals surface area contributed by atoms with E-state index in [1.165, 1.54) is 20.0 Å². The minimum absolute atomic E-state index is 0.144. The van der Waals surface area contributed by atoms with Crippen molar-refractivity contribution in [1.82, 2.24) is 0 Å². The first kappa shape index (κ1) is 22.3. The molecule has 6 heteroatoms. The van der Waals surface area contributed by atoms with Crippen LogP contribution in [-0.2, 0) is 19.1 Å². The Bertz CT molecular complexity index is 638. The molecule has 1 aliphatic carbocycles. The first-order valence-electron chi connectivity index (χ1n) is 9.63. The molecular weight excluding hydrogens is 459 g/mol. The molecule has 3 unspecified atom stereocenters. The Balaban J connectivity index is 1.95. The molecule has 27 heavy (non-hydrogen) atoms. The summed E-state index contributed by atoms with van der Waals surface area (Å²) in [6.07, 6.45) is 15.6. The van der Waals surface area contributed by atoms with Crippen LogP contribution in [0.5, 0.6) is 0 Å². The zero-order chi connectivity index (χ0) is 19.9. The third-order valence-corrected chi connectivity index (χ3v) is 6.28. The van der Waals surface area contributed by atoms with Crippen molar-refractivity contribution in [2.75, 3.05) is 7.11 Å². The second-order valence-corrected chi connectivity index (χ2v) is 8.65. The molecule has 1 heterocycles. The number of aliphatic hydroxyl groups is 1. The van der Waals surface area contributed by atoms with E-state index in [1.54, 1.807) is 12.2 Å². The number of methoxy groups -OCH3 is 1. The topological polar surface area (TPSA) is 76.1 Å². The summed E-state index contributed by atoms with van der Waals surface area (Å²) in [5.74, 6) is -0.369. The molecule has 150 valence electrons. The standard InChI is InChI=1S/C21H29IO5/c1-3-4-5-6-9-12-15-20(25)16(18(24)21(22)19(20)27-21)13-10-7-8-11-14-17(23)26-2/h7,9-10,12-13,19,25H,3-6,8,11,14-15H2,1-2H3/b10-7+,12-9-,16-13-. The van der Waals surface area contributed by atoms with Crippen LogP contribution in [-0.4, -0.2) is 39.3 Å². The molecule has 1 N–H and O–H groups in total. The smallest absolute Gasteiger partial charge is 0.305 e. The molecule has 1 saturated carbocycles. The van der Waals surface area contributed by atoms with Crippen LogP contribution in [0.4, 0.5) is 0 Å². The molecule has 0 amide bonds. The highest BCUT2D eigenvalue weighted by atomic mass is 127. The zero-order valence-corrected chi connectivity index (χ0v) is 18.2. The van der Waals surface area contributed by atoms with Gasteiger partial charge in [0.15, 0.2) is 0 Å². The number of esters is 1. The third-order valence-electron chi connectivity index (χ3n) is 4.97. The van der Waals surface area contributed by atoms with Gasteiger partial charge in [0.1, 0.15) is 11.7 Å². The van der Waals surface area contributed by atoms with Crippen molar-refractivity contribution >= 4 is 34.3 Å². The monoisotopic (exact) mass is 488 g/mol. The molecule has 1 aliphatic heterocycles. The highest BCUT2D eigenvalue weighted by Gasteiger charge is 2.77. The number of hydrogen-bond acceptors (Lipinski definition) is 5. The minimum atomic E-state index is -1.27. The van der Waals surface area contributed by atoms with Gasteiger partial charge in [0.25, 0.3) is 0 Å². The molecule has 0 aromatic heterocycles. The minimum Gasteiger partial charge on any atom is -0.469 e. The van der Waals surface area contributed by atoms with Crippen molar-refractivity contribution in [2.45, 2.75) is 73.6 Å². The fourth-order valence-electron chi connectivity index (χ4n) is 3.29. The van der Waals surface area contributed by atoms with Crippen molar-refractivity contribution in [2.24, 2.45) is 0 Å². The van der Waals surface area contributed by atoms with Gasteiger partial charge in [-0.25, -0.2) is 0 Å². The van der Waals surface area contributed by atoms with Crippen LogP contribution >= 0.6 is 22.6 Å². The van der Waals surface area contributed by atoms with Crippen molar-refractivity contribution < 1.29 is 24.2 Å². The second-order valence-electron chi connectivity index (χ2n) is 7.04. The summed E-state index contributed by atoms with van der Waals surface area (Å²) in [6.45, 7) is 2.17. The number of carbonyl (C=O) groups excluding carboxylic acids is 2. The number of hydrogen-bond donors (Lipinski definition) is 1. The number of fused-ring (bicyclic) bond motifs is 1. The van der Waals surface area contributed by atoms with E-state index in [0.717, 1.165) is 12.8 Å². The molecule has 0 spiro atoms. The van der Waals surface area contributed by atoms with Crippen molar-refractivity contribution in [1.29, 1.82) is 0 Å². The van der Waals surface area contributed by atoms with E-state index in [-0.39, 0.29) is 11.8 Å². The molecule has 1 saturated heterocycles. The average Bonchev–Trinajstić information content (AvgIpc) is 3.33. The molecular formula is C21H29IO5. The maximum Gasteiger partial charge on any atom is 0.305 e. The summed E-state index contributed by atoms with van der Waals surface area (Å²) in [6, 6.07) is 0. The number of halogens is 1. The fraction of sp³-hybridized carbons (Fsp3) is 0.619. The van der Waals surface area contributed by atoms with Crippen LogP contribution in [0.1, 0.15) is 58.3 Å². The Morgan fingerprint density at radius 1 is 1.26 bits per heavy atom. The lowest BCUT2D eigenvalue weighted by Crippen LogP contribution is -2.35. The van der Waals surface area contributed by atoms with E-state index in [2.05, 4.69) is 17.7 Å². The lowest BCUT2D eigenvalue weighted by atomic mass is 9.90. The number of ether oxygens (including phenoxy) is 2. The van der Waals surface area contributed by atoms with Crippen molar-refractivity contribution in [3.8, 4) is 0 Å². The van der Waals surface area contributed by atoms with Crippen LogP contribution in [0.15, 0.2) is 36.0 Å². The van der Waals surface area contributed by atoms with E-state index in [4.69, 9.17) is 4.74 Å². The van der Waals surface area contributed by atoms with Gasteiger partial charge in [-0.15, -0.1) is 0 Å². The van der Waals surface area contributed by atoms with Crippen molar-refractivity contribution in [3.63, 3.8) is 0 Å². The summed E-state index contributed by atoms with van der Waals surface area (Å²) < 4.78 is 9.21. The van der Waals surface area contributed by atoms with E-state index < -0.39 is 15.3 Å². The highest BCUT2D eigenvalue weighted by Crippen LogP contribution is 2.60. The highest BCUT2D eigenvalue weighted by molar-refractivity contribution is 14.1. The summed E-state index contributed by atoms with van der Waals surface area (Å²) in [7, 11) is 1.38. The zero-order valence-electron chi connectivity index (χ0n) is 16.1. The first-order valence-corrected chi connectivity index (χ1v) is 10.7. The van der Waals surface area contributed by atoms with Crippen LogP contribution in [0.25, 0.3) is 0 Å². The van der Waals surface area contributed by atoms with Crippen LogP contribution in [0.3, 0.4) is 0 Å². The summed E-state index contributed by atoms with van der Waals surface area (Å²) in [5, 5.41) is 11.1. The van der Waals surface area contributed by atoms with Gasteiger partial charge in [0.05, 0.1) is 7.11 Å². The van der Waals surface area contributed by atoms with Gasteiger partial charge < -0.3 is 14.6 Å². The lowest BCUT2D eigenvalue weighted by molar-refractivity contribution is -0.140. The van der Waals surface area contributed by atoms with Gasteiger partial charge in [-0.1, -0.05) is 50.1 Å². The molecule has 0 bridgehead atoms. The Labute approximate surface area is 175 Å². The summed E-state index contributed by atoms with van der Waals surface area (Å²) in [4.78, 5) is 23.7. The SMILES string of the molecule is CCCCC/C=C\CC1(O)/C(=C\C=C\CCCC(=O)OC)C(=O)C2(I)OC21. The Hall–Kier alpha value is -0.990. The van der Waals surface area contributed by atoms with Gasteiger partial charge in [0, 0.05) is 18.4 Å². The van der Waals surface area contributed by atoms with Gasteiger partial charge in [0.2, 0.25) is 9.39 Å². The molecule has 2 rings (SSSR count). The van der Waals surface area contributed by atoms with Gasteiger partial charge in [-0.3, -0.25) is 9.59 Å². The Morgan fingerprint density at radius 2 is 2.00 bits per heavy atom. The first-order chi connectivity index (χ1) is 12.9. The number of unbranched alkanes of at least 4 members (excludes halogenated alkanes) is 4. The average molecular weight is 488 g/mol. The quantitative estimate of drug-likeness (QED) is 0.0899. The molecule has 2 aliphatic rings. The fourth-order valence-corrected chi connectivity index (χ4v) is 4.35. The number of Topliss-reactive ketones (excluding diaryl/α,β-unsaturated/α-hetero) is 1. The normalized spacial score (nSPS) is 31.2. The molecule has 5 nitrogen and oxygen atoms in total. The van der Waals surface area contributed by atoms with E-state index in [0.29, 0.717) is 31.3 Å². The Kier molecular flexibility index (Phi) is 8.24. The van der Waals surface area contributed by atoms with Crippen LogP contribution in [0.2, 0.25) is 0 Å². The molecule has 0 radical (unpaired) electrons. The van der Waals surface area contributed by atoms with E-state index in [9.17, 15) is 14.7 Å². The van der Waals surface area contributed by atoms with Gasteiger partial charge >= 0.3 is 5.97 Å². The van der Waals surface area contributed by atoms with Gasteiger partial charge in [-0.05, 0) is 48.3 Å². The third kappa shape index (κ3) is 5.29. The molecule has 3 atom stereocenters. The van der Waals surface area contributed by atoms with Crippen LogP contribution in [0, 0.1) is 0 Å². The predicted octanol–water partition coefficient (Wildman–Crippen LogP) is 4.18. The second kappa shape index (κ2) is 9.98. The molecule has 2 fully saturated rings. The van der Waals surface area contributed by atoms with Gasteiger partial charge in [-0.2, -0.15) is 0 Å². The number of allylic oxidation sites excluding steroid dienone is 4. The molecule has 0 aromatic rings. The number of rotatable bonds is 11. The maximum atomic E-state index is 12.6.